The van der Waals surface area contributed by atoms with Gasteiger partial charge in [0.25, 0.3) is 0 Å². The molecule has 0 radical (unpaired) electrons. The summed E-state index contributed by atoms with van der Waals surface area (Å²) < 4.78 is 4.98. The SMILES string of the molecule is CC(c1noc(C(N)=O)n1)c1ccc(-c2ncnc3[nH]c(-c4ccc(N5CCN(CC6CCN(c7ccc(N8CCC(=O)NC8=O)cc7)CC6)CC5)cc4)cc23)cc1CO. The van der Waals surface area contributed by atoms with Crippen LogP contribution in [0.15, 0.2) is 83.6 Å². The number of urea groups is 1. The molecule has 0 aliphatic carbocycles. The summed E-state index contributed by atoms with van der Waals surface area (Å²) in [5.41, 5.74) is 14.2. The van der Waals surface area contributed by atoms with Gasteiger partial charge in [0, 0.05) is 98.4 Å². The number of aromatic nitrogens is 5. The number of imide groups is 1. The van der Waals surface area contributed by atoms with Gasteiger partial charge in [0.1, 0.15) is 12.0 Å². The van der Waals surface area contributed by atoms with Gasteiger partial charge in [-0.2, -0.15) is 4.98 Å². The van der Waals surface area contributed by atoms with E-state index in [1.54, 1.807) is 4.90 Å². The molecule has 6 aromatic rings. The molecular weight excluding hydrogens is 763 g/mol. The summed E-state index contributed by atoms with van der Waals surface area (Å²) in [4.78, 5) is 61.1. The monoisotopic (exact) mass is 809 g/mol. The van der Waals surface area contributed by atoms with Crippen LogP contribution >= 0.6 is 0 Å². The molecule has 0 bridgehead atoms. The predicted molar refractivity (Wildman–Crippen MR) is 227 cm³/mol. The van der Waals surface area contributed by atoms with E-state index in [1.807, 2.05) is 37.3 Å². The molecule has 308 valence electrons. The number of nitrogens with two attached hydrogens (primary N) is 1. The zero-order valence-corrected chi connectivity index (χ0v) is 33.4. The number of primary amides is 1. The largest absolute Gasteiger partial charge is 0.392 e. The Morgan fingerprint density at radius 2 is 1.55 bits per heavy atom. The number of rotatable bonds is 11. The number of carbonyl (C=O) groups excluding carboxylic acids is 3. The second-order valence-electron chi connectivity index (χ2n) is 15.8. The minimum Gasteiger partial charge on any atom is -0.392 e. The quantitative estimate of drug-likeness (QED) is 0.138. The summed E-state index contributed by atoms with van der Waals surface area (Å²) in [6, 6.07) is 24.3. The van der Waals surface area contributed by atoms with Crippen LogP contribution in [0.2, 0.25) is 0 Å². The van der Waals surface area contributed by atoms with Gasteiger partial charge in [0.05, 0.1) is 12.3 Å². The van der Waals surface area contributed by atoms with Crippen LogP contribution in [0.4, 0.5) is 21.9 Å². The number of piperazine rings is 1. The fourth-order valence-electron chi connectivity index (χ4n) is 8.72. The molecule has 0 spiro atoms. The average molecular weight is 810 g/mol. The Kier molecular flexibility index (Phi) is 10.7. The Bertz CT molecular complexity index is 2520. The van der Waals surface area contributed by atoms with Crippen LogP contribution < -0.4 is 25.8 Å². The molecule has 3 aliphatic heterocycles. The molecule has 16 nitrogen and oxygen atoms in total. The van der Waals surface area contributed by atoms with E-state index in [-0.39, 0.29) is 30.4 Å². The second-order valence-corrected chi connectivity index (χ2v) is 15.8. The van der Waals surface area contributed by atoms with Crippen LogP contribution in [0.5, 0.6) is 0 Å². The number of fused-ring (bicyclic) bond motifs is 1. The zero-order chi connectivity index (χ0) is 41.3. The van der Waals surface area contributed by atoms with Crippen molar-refractivity contribution in [3.05, 3.63) is 102 Å². The first-order chi connectivity index (χ1) is 29.2. The van der Waals surface area contributed by atoms with Gasteiger partial charge in [-0.05, 0) is 84.0 Å². The summed E-state index contributed by atoms with van der Waals surface area (Å²) in [5.74, 6) is -0.648. The number of carbonyl (C=O) groups is 3. The fourth-order valence-corrected chi connectivity index (χ4v) is 8.72. The molecule has 9 rings (SSSR count). The third-order valence-corrected chi connectivity index (χ3v) is 12.1. The van der Waals surface area contributed by atoms with Gasteiger partial charge < -0.3 is 30.1 Å². The van der Waals surface area contributed by atoms with E-state index in [0.29, 0.717) is 35.9 Å². The van der Waals surface area contributed by atoms with E-state index >= 15 is 0 Å². The molecule has 4 amide bonds. The maximum Gasteiger partial charge on any atom is 0.328 e. The number of aliphatic hydroxyl groups excluding tert-OH is 1. The Balaban J connectivity index is 0.786. The van der Waals surface area contributed by atoms with Crippen molar-refractivity contribution in [2.24, 2.45) is 11.7 Å². The van der Waals surface area contributed by atoms with Gasteiger partial charge in [-0.15, -0.1) is 0 Å². The Hall–Kier alpha value is -6.65. The number of hydrogen-bond acceptors (Lipinski definition) is 12. The average Bonchev–Trinajstić information content (AvgIpc) is 3.96. The van der Waals surface area contributed by atoms with Crippen molar-refractivity contribution in [2.45, 2.75) is 38.7 Å². The first kappa shape index (κ1) is 38.8. The molecule has 1 unspecified atom stereocenters. The number of anilines is 3. The van der Waals surface area contributed by atoms with E-state index in [4.69, 9.17) is 10.3 Å². The normalized spacial score (nSPS) is 17.3. The number of nitrogens with one attached hydrogen (secondary N) is 2. The van der Waals surface area contributed by atoms with Gasteiger partial charge >= 0.3 is 17.8 Å². The van der Waals surface area contributed by atoms with Crippen molar-refractivity contribution < 1.29 is 24.0 Å². The van der Waals surface area contributed by atoms with Crippen LogP contribution in [0.25, 0.3) is 33.5 Å². The van der Waals surface area contributed by atoms with Gasteiger partial charge in [-0.3, -0.25) is 24.7 Å². The lowest BCUT2D eigenvalue weighted by Crippen LogP contribution is -2.49. The second kappa shape index (κ2) is 16.5. The third kappa shape index (κ3) is 7.90. The number of hydrogen-bond donors (Lipinski definition) is 4. The van der Waals surface area contributed by atoms with Crippen LogP contribution in [0, 0.1) is 5.92 Å². The highest BCUT2D eigenvalue weighted by Crippen LogP contribution is 2.34. The molecule has 16 heteroatoms. The van der Waals surface area contributed by atoms with Gasteiger partial charge in [-0.1, -0.05) is 36.3 Å². The van der Waals surface area contributed by atoms with Crippen molar-refractivity contribution >= 4 is 45.9 Å². The lowest BCUT2D eigenvalue weighted by Gasteiger charge is -2.40. The van der Waals surface area contributed by atoms with E-state index in [2.05, 4.69) is 87.6 Å². The highest BCUT2D eigenvalue weighted by molar-refractivity contribution is 6.05. The lowest BCUT2D eigenvalue weighted by atomic mass is 9.92. The number of piperidine rings is 1. The minimum atomic E-state index is -0.793. The number of H-pyrrole nitrogens is 1. The summed E-state index contributed by atoms with van der Waals surface area (Å²) in [6.45, 7) is 9.26. The Morgan fingerprint density at radius 1 is 0.867 bits per heavy atom. The lowest BCUT2D eigenvalue weighted by molar-refractivity contribution is -0.120. The smallest absolute Gasteiger partial charge is 0.328 e. The Morgan fingerprint density at radius 3 is 2.23 bits per heavy atom. The van der Waals surface area contributed by atoms with E-state index in [9.17, 15) is 19.5 Å². The first-order valence-electron chi connectivity index (χ1n) is 20.5. The number of benzene rings is 3. The Labute approximate surface area is 346 Å². The molecule has 3 aliphatic rings. The molecular formula is C44H47N11O5. The molecule has 6 heterocycles. The number of amides is 4. The van der Waals surface area contributed by atoms with Crippen LogP contribution in [-0.2, 0) is 11.4 Å². The van der Waals surface area contributed by atoms with Crippen molar-refractivity contribution in [3.63, 3.8) is 0 Å². The van der Waals surface area contributed by atoms with Crippen LogP contribution in [0.1, 0.15) is 59.7 Å². The van der Waals surface area contributed by atoms with E-state index in [1.165, 1.54) is 17.7 Å². The molecule has 3 aromatic heterocycles. The van der Waals surface area contributed by atoms with Crippen molar-refractivity contribution in [1.82, 2.24) is 35.3 Å². The number of aromatic amines is 1. The minimum absolute atomic E-state index is 0.213. The molecule has 3 aromatic carbocycles. The van der Waals surface area contributed by atoms with Crippen molar-refractivity contribution in [1.29, 1.82) is 0 Å². The molecule has 1 atom stereocenters. The van der Waals surface area contributed by atoms with Crippen LogP contribution in [-0.4, -0.2) is 105 Å². The predicted octanol–water partition coefficient (Wildman–Crippen LogP) is 4.90. The zero-order valence-electron chi connectivity index (χ0n) is 33.4. The van der Waals surface area contributed by atoms with Crippen LogP contribution in [0.3, 0.4) is 0 Å². The van der Waals surface area contributed by atoms with E-state index in [0.717, 1.165) is 97.8 Å². The standard InChI is InChI=1S/C44H47N11O5/c1-27(41-50-43(40(45)58)60-51-41)35-11-4-30(22-31(35)25-56)39-36-23-37(48-42(36)47-26-46-39)29-2-5-32(6-3-29)54-20-18-52(19-21-54)24-28-12-15-53(16-13-28)33-7-9-34(10-8-33)55-17-14-38(57)49-44(55)59/h2-11,22-23,26-28,56H,12-21,24-25H2,1H3,(H2,45,58)(H,46,47,48)(H,49,57,59). The van der Waals surface area contributed by atoms with Crippen molar-refractivity contribution in [3.8, 4) is 22.5 Å². The highest BCUT2D eigenvalue weighted by atomic mass is 16.5. The maximum absolute atomic E-state index is 12.2. The summed E-state index contributed by atoms with van der Waals surface area (Å²) in [6.07, 6.45) is 4.16. The first-order valence-corrected chi connectivity index (χ1v) is 20.5. The number of nitrogens with zero attached hydrogens (tertiary/aromatic N) is 8. The molecule has 0 saturated carbocycles. The number of aliphatic hydroxyl groups is 1. The molecule has 3 saturated heterocycles. The highest BCUT2D eigenvalue weighted by Gasteiger charge is 2.27. The van der Waals surface area contributed by atoms with Crippen molar-refractivity contribution in [2.75, 3.05) is 67.1 Å². The molecule has 5 N–H and O–H groups in total. The summed E-state index contributed by atoms with van der Waals surface area (Å²) in [5, 5.41) is 17.5. The fraction of sp³-hybridized carbons (Fsp3) is 0.341. The van der Waals surface area contributed by atoms with Gasteiger partial charge in [-0.25, -0.2) is 14.8 Å². The maximum atomic E-state index is 12.2. The molecule has 60 heavy (non-hydrogen) atoms. The third-order valence-electron chi connectivity index (χ3n) is 12.1. The molecule has 3 fully saturated rings. The van der Waals surface area contributed by atoms with E-state index < -0.39 is 5.91 Å². The summed E-state index contributed by atoms with van der Waals surface area (Å²) in [7, 11) is 0. The van der Waals surface area contributed by atoms with Gasteiger partial charge in [0.15, 0.2) is 5.82 Å². The van der Waals surface area contributed by atoms with Gasteiger partial charge in [0.2, 0.25) is 5.91 Å². The summed E-state index contributed by atoms with van der Waals surface area (Å²) >= 11 is 0. The topological polar surface area (TPSA) is 203 Å².